The van der Waals surface area contributed by atoms with Crippen LogP contribution in [0, 0.1) is 0 Å². The largest absolute Gasteiger partial charge is 0.465 e. The molecule has 25 heavy (non-hydrogen) atoms. The molecule has 1 N–H and O–H groups in total. The number of nitrogens with one attached hydrogen (secondary N) is 1. The van der Waals surface area contributed by atoms with Gasteiger partial charge in [0.05, 0.1) is 18.4 Å². The van der Waals surface area contributed by atoms with Gasteiger partial charge in [-0.05, 0) is 37.5 Å². The van der Waals surface area contributed by atoms with Crippen LogP contribution in [0.15, 0.2) is 36.5 Å². The van der Waals surface area contributed by atoms with Crippen LogP contribution in [0.3, 0.4) is 0 Å². The monoisotopic (exact) mass is 340 g/mol. The lowest BCUT2D eigenvalue weighted by molar-refractivity contribution is 0.0601. The van der Waals surface area contributed by atoms with Crippen molar-refractivity contribution < 1.29 is 14.3 Å². The van der Waals surface area contributed by atoms with E-state index >= 15 is 0 Å². The second-order valence-corrected chi connectivity index (χ2v) is 5.78. The highest BCUT2D eigenvalue weighted by molar-refractivity contribution is 5.96. The van der Waals surface area contributed by atoms with E-state index in [0.717, 1.165) is 32.4 Å². The highest BCUT2D eigenvalue weighted by Gasteiger charge is 2.20. The minimum Gasteiger partial charge on any atom is -0.465 e. The molecule has 1 aliphatic rings. The number of benzene rings is 1. The average Bonchev–Trinajstić information content (AvgIpc) is 2.68. The van der Waals surface area contributed by atoms with Crippen LogP contribution in [-0.4, -0.2) is 46.9 Å². The molecule has 1 aromatic carbocycles. The van der Waals surface area contributed by atoms with Gasteiger partial charge in [-0.25, -0.2) is 14.8 Å². The number of para-hydroxylation sites is 1. The summed E-state index contributed by atoms with van der Waals surface area (Å²) in [6.45, 7) is 1.52. The number of likely N-dealkylation sites (tertiary alicyclic amines) is 1. The van der Waals surface area contributed by atoms with Gasteiger partial charge in [-0.2, -0.15) is 0 Å². The molecule has 0 spiro atoms. The van der Waals surface area contributed by atoms with Crippen LogP contribution >= 0.6 is 0 Å². The molecule has 2 aromatic rings. The second-order valence-electron chi connectivity index (χ2n) is 5.78. The molecule has 0 bridgehead atoms. The standard InChI is InChI=1S/C18H20N4O3/c1-25-17(24)13-7-3-4-8-14(13)20-18-19-10-9-15(21-18)16(23)22-11-5-2-6-12-22/h3-4,7-10H,2,5-6,11-12H2,1H3,(H,19,20,21). The summed E-state index contributed by atoms with van der Waals surface area (Å²) in [5.41, 5.74) is 1.24. The van der Waals surface area contributed by atoms with Crippen molar-refractivity contribution in [2.45, 2.75) is 19.3 Å². The van der Waals surface area contributed by atoms with Crippen molar-refractivity contribution >= 4 is 23.5 Å². The van der Waals surface area contributed by atoms with E-state index in [0.29, 0.717) is 16.9 Å². The van der Waals surface area contributed by atoms with Gasteiger partial charge in [-0.15, -0.1) is 0 Å². The summed E-state index contributed by atoms with van der Waals surface area (Å²) < 4.78 is 4.78. The Labute approximate surface area is 146 Å². The number of nitrogens with zero attached hydrogens (tertiary/aromatic N) is 3. The van der Waals surface area contributed by atoms with Gasteiger partial charge in [0.1, 0.15) is 5.69 Å². The van der Waals surface area contributed by atoms with Crippen molar-refractivity contribution in [3.05, 3.63) is 47.8 Å². The number of hydrogen-bond donors (Lipinski definition) is 1. The van der Waals surface area contributed by atoms with Gasteiger partial charge in [0.2, 0.25) is 5.95 Å². The molecule has 1 saturated heterocycles. The number of ether oxygens (including phenoxy) is 1. The first kappa shape index (κ1) is 16.9. The lowest BCUT2D eigenvalue weighted by Gasteiger charge is -2.26. The maximum atomic E-state index is 12.6. The van der Waals surface area contributed by atoms with E-state index in [2.05, 4.69) is 15.3 Å². The molecule has 1 amide bonds. The molecule has 7 heteroatoms. The van der Waals surface area contributed by atoms with E-state index in [-0.39, 0.29) is 11.9 Å². The highest BCUT2D eigenvalue weighted by atomic mass is 16.5. The van der Waals surface area contributed by atoms with E-state index in [4.69, 9.17) is 4.74 Å². The predicted octanol–water partition coefficient (Wildman–Crippen LogP) is 2.63. The van der Waals surface area contributed by atoms with Crippen molar-refractivity contribution in [1.82, 2.24) is 14.9 Å². The van der Waals surface area contributed by atoms with Crippen LogP contribution in [0.25, 0.3) is 0 Å². The molecule has 0 radical (unpaired) electrons. The summed E-state index contributed by atoms with van der Waals surface area (Å²) in [7, 11) is 1.33. The number of rotatable bonds is 4. The molecule has 7 nitrogen and oxygen atoms in total. The zero-order chi connectivity index (χ0) is 17.6. The number of esters is 1. The normalized spacial score (nSPS) is 14.0. The fraction of sp³-hybridized carbons (Fsp3) is 0.333. The molecule has 130 valence electrons. The molecule has 0 atom stereocenters. The Balaban J connectivity index is 1.81. The van der Waals surface area contributed by atoms with Crippen LogP contribution in [0.4, 0.5) is 11.6 Å². The van der Waals surface area contributed by atoms with Crippen LogP contribution in [-0.2, 0) is 4.74 Å². The Morgan fingerprint density at radius 2 is 1.88 bits per heavy atom. The molecule has 0 aliphatic carbocycles. The number of aromatic nitrogens is 2. The van der Waals surface area contributed by atoms with Crippen molar-refractivity contribution in [2.24, 2.45) is 0 Å². The van der Waals surface area contributed by atoms with Gasteiger partial charge in [-0.3, -0.25) is 4.79 Å². The number of carbonyl (C=O) groups is 2. The van der Waals surface area contributed by atoms with Crippen molar-refractivity contribution in [1.29, 1.82) is 0 Å². The third-order valence-electron chi connectivity index (χ3n) is 4.10. The molecule has 0 saturated carbocycles. The van der Waals surface area contributed by atoms with E-state index < -0.39 is 5.97 Å². The molecule has 1 fully saturated rings. The van der Waals surface area contributed by atoms with Gasteiger partial charge in [-0.1, -0.05) is 12.1 Å². The average molecular weight is 340 g/mol. The van der Waals surface area contributed by atoms with Crippen LogP contribution in [0.2, 0.25) is 0 Å². The molecule has 0 unspecified atom stereocenters. The molecule has 1 aliphatic heterocycles. The molecular weight excluding hydrogens is 320 g/mol. The van der Waals surface area contributed by atoms with E-state index in [1.165, 1.54) is 13.3 Å². The number of amides is 1. The Morgan fingerprint density at radius 1 is 1.12 bits per heavy atom. The number of anilines is 2. The summed E-state index contributed by atoms with van der Waals surface area (Å²) in [6, 6.07) is 8.52. The lowest BCUT2D eigenvalue weighted by Crippen LogP contribution is -2.36. The molecule has 1 aromatic heterocycles. The Hall–Kier alpha value is -2.96. The smallest absolute Gasteiger partial charge is 0.339 e. The first-order valence-corrected chi connectivity index (χ1v) is 8.26. The van der Waals surface area contributed by atoms with E-state index in [9.17, 15) is 9.59 Å². The highest BCUT2D eigenvalue weighted by Crippen LogP contribution is 2.20. The minimum absolute atomic E-state index is 0.0913. The third kappa shape index (κ3) is 3.93. The fourth-order valence-electron chi connectivity index (χ4n) is 2.80. The second kappa shape index (κ2) is 7.74. The number of methoxy groups -OCH3 is 1. The zero-order valence-electron chi connectivity index (χ0n) is 14.1. The van der Waals surface area contributed by atoms with Crippen molar-refractivity contribution in [2.75, 3.05) is 25.5 Å². The fourth-order valence-corrected chi connectivity index (χ4v) is 2.80. The van der Waals surface area contributed by atoms with Gasteiger partial charge in [0.15, 0.2) is 0 Å². The lowest BCUT2D eigenvalue weighted by atomic mass is 10.1. The third-order valence-corrected chi connectivity index (χ3v) is 4.10. The van der Waals surface area contributed by atoms with Crippen LogP contribution in [0.1, 0.15) is 40.1 Å². The zero-order valence-corrected chi connectivity index (χ0v) is 14.1. The maximum Gasteiger partial charge on any atom is 0.339 e. The first-order chi connectivity index (χ1) is 12.2. The predicted molar refractivity (Wildman–Crippen MR) is 92.9 cm³/mol. The van der Waals surface area contributed by atoms with Crippen molar-refractivity contribution in [3.63, 3.8) is 0 Å². The maximum absolute atomic E-state index is 12.6. The van der Waals surface area contributed by atoms with E-state index in [1.807, 2.05) is 4.90 Å². The Morgan fingerprint density at radius 3 is 2.64 bits per heavy atom. The molecule has 2 heterocycles. The van der Waals surface area contributed by atoms with Crippen LogP contribution in [0.5, 0.6) is 0 Å². The number of hydrogen-bond acceptors (Lipinski definition) is 6. The van der Waals surface area contributed by atoms with Gasteiger partial charge < -0.3 is 15.0 Å². The summed E-state index contributed by atoms with van der Waals surface area (Å²) in [5, 5.41) is 2.99. The Bertz CT molecular complexity index is 772. The van der Waals surface area contributed by atoms with Crippen LogP contribution < -0.4 is 5.32 Å². The quantitative estimate of drug-likeness (QED) is 0.861. The summed E-state index contributed by atoms with van der Waals surface area (Å²) in [5.74, 6) is -0.283. The summed E-state index contributed by atoms with van der Waals surface area (Å²) >= 11 is 0. The van der Waals surface area contributed by atoms with E-state index in [1.54, 1.807) is 30.3 Å². The van der Waals surface area contributed by atoms with Gasteiger partial charge in [0.25, 0.3) is 5.91 Å². The topological polar surface area (TPSA) is 84.4 Å². The summed E-state index contributed by atoms with van der Waals surface area (Å²) in [4.78, 5) is 34.7. The Kier molecular flexibility index (Phi) is 5.23. The van der Waals surface area contributed by atoms with Crippen molar-refractivity contribution in [3.8, 4) is 0 Å². The minimum atomic E-state index is -0.455. The number of carbonyl (C=O) groups excluding carboxylic acids is 2. The summed E-state index contributed by atoms with van der Waals surface area (Å²) in [6.07, 6.45) is 4.74. The van der Waals surface area contributed by atoms with Gasteiger partial charge in [0, 0.05) is 19.3 Å². The SMILES string of the molecule is COC(=O)c1ccccc1Nc1nccc(C(=O)N2CCCCC2)n1. The first-order valence-electron chi connectivity index (χ1n) is 8.26. The van der Waals surface area contributed by atoms with Gasteiger partial charge >= 0.3 is 5.97 Å². The molecular formula is C18H20N4O3. The molecule has 3 rings (SSSR count). The number of piperidine rings is 1.